The Morgan fingerprint density at radius 3 is 2.58 bits per heavy atom. The molecule has 0 aliphatic heterocycles. The third kappa shape index (κ3) is 4.20. The van der Waals surface area contributed by atoms with Crippen molar-refractivity contribution >= 4 is 17.5 Å². The van der Waals surface area contributed by atoms with E-state index in [-0.39, 0.29) is 5.91 Å². The molecule has 0 bridgehead atoms. The van der Waals surface area contributed by atoms with Crippen LogP contribution in [0.4, 0.5) is 0 Å². The van der Waals surface area contributed by atoms with E-state index in [1.165, 1.54) is 0 Å². The van der Waals surface area contributed by atoms with Gasteiger partial charge in [0.25, 0.3) is 0 Å². The third-order valence-electron chi connectivity index (χ3n) is 1.37. The van der Waals surface area contributed by atoms with Gasteiger partial charge in [-0.1, -0.05) is 0 Å². The lowest BCUT2D eigenvalue weighted by molar-refractivity contribution is -0.120. The zero-order valence-electron chi connectivity index (χ0n) is 7.52. The molecule has 1 unspecified atom stereocenters. The summed E-state index contributed by atoms with van der Waals surface area (Å²) in [5, 5.41) is 10.6. The van der Waals surface area contributed by atoms with Gasteiger partial charge in [-0.05, 0) is 20.8 Å². The zero-order chi connectivity index (χ0) is 9.78. The first-order valence-electron chi connectivity index (χ1n) is 3.72. The molecule has 0 aliphatic carbocycles. The smallest absolute Gasteiger partial charge is 0.237 e. The van der Waals surface area contributed by atoms with Gasteiger partial charge >= 0.3 is 0 Å². The molecule has 68 valence electrons. The van der Waals surface area contributed by atoms with Crippen molar-refractivity contribution in [2.24, 2.45) is 5.41 Å². The Morgan fingerprint density at radius 1 is 1.75 bits per heavy atom. The summed E-state index contributed by atoms with van der Waals surface area (Å²) in [6.07, 6.45) is 0. The van der Waals surface area contributed by atoms with E-state index in [9.17, 15) is 4.79 Å². The molecule has 0 aliphatic rings. The summed E-state index contributed by atoms with van der Waals surface area (Å²) in [6, 6.07) is 2.08. The Balaban J connectivity index is 3.86. The molecule has 1 N–H and O–H groups in total. The van der Waals surface area contributed by atoms with Gasteiger partial charge in [-0.15, -0.1) is 11.6 Å². The highest BCUT2D eigenvalue weighted by atomic mass is 35.5. The molecular formula is C8H13ClN2O. The van der Waals surface area contributed by atoms with Crippen molar-refractivity contribution in [2.45, 2.75) is 26.1 Å². The van der Waals surface area contributed by atoms with Crippen molar-refractivity contribution in [3.05, 3.63) is 0 Å². The summed E-state index contributed by atoms with van der Waals surface area (Å²) in [6.45, 7) is 5.44. The number of hydrogen-bond donors (Lipinski definition) is 1. The molecular weight excluding hydrogens is 176 g/mol. The largest absolute Gasteiger partial charge is 0.353 e. The Bertz CT molecular complexity index is 206. The van der Waals surface area contributed by atoms with Gasteiger partial charge < -0.3 is 5.32 Å². The number of nitriles is 1. The van der Waals surface area contributed by atoms with Gasteiger partial charge in [-0.25, -0.2) is 0 Å². The molecule has 0 rings (SSSR count). The number of nitrogens with zero attached hydrogens (tertiary/aromatic N) is 1. The first-order chi connectivity index (χ1) is 5.39. The van der Waals surface area contributed by atoms with Crippen molar-refractivity contribution < 1.29 is 4.79 Å². The van der Waals surface area contributed by atoms with Gasteiger partial charge in [0.05, 0.1) is 11.5 Å². The number of hydrogen-bond acceptors (Lipinski definition) is 2. The molecule has 0 radical (unpaired) electrons. The summed E-state index contributed by atoms with van der Waals surface area (Å²) in [4.78, 5) is 11.0. The van der Waals surface area contributed by atoms with Crippen LogP contribution in [0.15, 0.2) is 0 Å². The van der Waals surface area contributed by atoms with Crippen LogP contribution in [0, 0.1) is 16.7 Å². The number of carbonyl (C=O) groups is 1. The average Bonchev–Trinajstić information content (AvgIpc) is 2.00. The van der Waals surface area contributed by atoms with Crippen LogP contribution in [0.5, 0.6) is 0 Å². The molecule has 1 atom stereocenters. The van der Waals surface area contributed by atoms with Gasteiger partial charge in [0.15, 0.2) is 0 Å². The van der Waals surface area contributed by atoms with E-state index in [1.807, 2.05) is 0 Å². The fraction of sp³-hybridized carbons (Fsp3) is 0.750. The molecule has 0 fully saturated rings. The van der Waals surface area contributed by atoms with E-state index in [0.29, 0.717) is 6.54 Å². The van der Waals surface area contributed by atoms with Crippen molar-refractivity contribution in [3.63, 3.8) is 0 Å². The topological polar surface area (TPSA) is 52.9 Å². The fourth-order valence-corrected chi connectivity index (χ4v) is 0.565. The highest BCUT2D eigenvalue weighted by Crippen LogP contribution is 2.10. The molecule has 0 heterocycles. The minimum Gasteiger partial charge on any atom is -0.353 e. The molecule has 0 saturated heterocycles. The van der Waals surface area contributed by atoms with Crippen LogP contribution in [0.2, 0.25) is 0 Å². The predicted molar refractivity (Wildman–Crippen MR) is 47.7 cm³/mol. The molecule has 4 heteroatoms. The molecule has 0 spiro atoms. The van der Waals surface area contributed by atoms with Crippen LogP contribution in [-0.4, -0.2) is 17.8 Å². The molecule has 1 amide bonds. The monoisotopic (exact) mass is 188 g/mol. The quantitative estimate of drug-likeness (QED) is 0.679. The lowest BCUT2D eigenvalue weighted by atomic mass is 9.96. The predicted octanol–water partition coefficient (Wildman–Crippen LogP) is 1.28. The normalized spacial score (nSPS) is 13.2. The summed E-state index contributed by atoms with van der Waals surface area (Å²) < 4.78 is 0. The SMILES string of the molecule is CC(Cl)C(=O)NCC(C)(C)C#N. The van der Waals surface area contributed by atoms with Gasteiger partial charge in [-0.2, -0.15) is 5.26 Å². The van der Waals surface area contributed by atoms with Crippen LogP contribution < -0.4 is 5.32 Å². The summed E-state index contributed by atoms with van der Waals surface area (Å²) >= 11 is 5.51. The van der Waals surface area contributed by atoms with E-state index in [1.54, 1.807) is 20.8 Å². The second kappa shape index (κ2) is 4.32. The summed E-state index contributed by atoms with van der Waals surface area (Å²) in [5.41, 5.74) is -0.526. The van der Waals surface area contributed by atoms with E-state index < -0.39 is 10.8 Å². The number of nitrogens with one attached hydrogen (secondary N) is 1. The van der Waals surface area contributed by atoms with Crippen LogP contribution in [0.3, 0.4) is 0 Å². The minimum absolute atomic E-state index is 0.236. The Hall–Kier alpha value is -0.750. The Labute approximate surface area is 77.7 Å². The molecule has 3 nitrogen and oxygen atoms in total. The highest BCUT2D eigenvalue weighted by molar-refractivity contribution is 6.30. The second-order valence-electron chi connectivity index (χ2n) is 3.33. The zero-order valence-corrected chi connectivity index (χ0v) is 8.27. The number of amides is 1. The van der Waals surface area contributed by atoms with E-state index >= 15 is 0 Å². The maximum absolute atomic E-state index is 11.0. The second-order valence-corrected chi connectivity index (χ2v) is 3.98. The lowest BCUT2D eigenvalue weighted by Gasteiger charge is -2.16. The van der Waals surface area contributed by atoms with E-state index in [0.717, 1.165) is 0 Å². The van der Waals surface area contributed by atoms with Gasteiger partial charge in [0.2, 0.25) is 5.91 Å². The van der Waals surface area contributed by atoms with Crippen LogP contribution in [-0.2, 0) is 4.79 Å². The molecule has 0 aromatic carbocycles. The van der Waals surface area contributed by atoms with Crippen molar-refractivity contribution in [1.82, 2.24) is 5.32 Å². The number of alkyl halides is 1. The van der Waals surface area contributed by atoms with Crippen molar-refractivity contribution in [1.29, 1.82) is 5.26 Å². The highest BCUT2D eigenvalue weighted by Gasteiger charge is 2.18. The van der Waals surface area contributed by atoms with E-state index in [2.05, 4.69) is 11.4 Å². The molecule has 12 heavy (non-hydrogen) atoms. The van der Waals surface area contributed by atoms with Crippen LogP contribution in [0.25, 0.3) is 0 Å². The van der Waals surface area contributed by atoms with Gasteiger partial charge in [0.1, 0.15) is 5.38 Å². The standard InChI is InChI=1S/C8H13ClN2O/c1-6(9)7(12)11-5-8(2,3)4-10/h6H,5H2,1-3H3,(H,11,12). The molecule has 0 aromatic rings. The molecule has 0 saturated carbocycles. The minimum atomic E-state index is -0.542. The summed E-state index contributed by atoms with van der Waals surface area (Å²) in [5.74, 6) is -0.236. The van der Waals surface area contributed by atoms with Crippen molar-refractivity contribution in [3.8, 4) is 6.07 Å². The Kier molecular flexibility index (Phi) is 4.05. The number of rotatable bonds is 3. The van der Waals surface area contributed by atoms with Gasteiger partial charge in [0, 0.05) is 6.54 Å². The van der Waals surface area contributed by atoms with Crippen LogP contribution >= 0.6 is 11.6 Å². The Morgan fingerprint density at radius 2 is 2.25 bits per heavy atom. The number of carbonyl (C=O) groups excluding carboxylic acids is 1. The average molecular weight is 189 g/mol. The van der Waals surface area contributed by atoms with Crippen LogP contribution in [0.1, 0.15) is 20.8 Å². The third-order valence-corrected chi connectivity index (χ3v) is 1.57. The first-order valence-corrected chi connectivity index (χ1v) is 4.16. The maximum Gasteiger partial charge on any atom is 0.237 e. The molecule has 0 aromatic heterocycles. The first kappa shape index (κ1) is 11.2. The van der Waals surface area contributed by atoms with Crippen molar-refractivity contribution in [2.75, 3.05) is 6.54 Å². The fourth-order valence-electron chi connectivity index (χ4n) is 0.488. The lowest BCUT2D eigenvalue weighted by Crippen LogP contribution is -2.36. The van der Waals surface area contributed by atoms with Gasteiger partial charge in [-0.3, -0.25) is 4.79 Å². The maximum atomic E-state index is 11.0. The van der Waals surface area contributed by atoms with E-state index in [4.69, 9.17) is 16.9 Å². The summed E-state index contributed by atoms with van der Waals surface area (Å²) in [7, 11) is 0. The number of halogens is 1.